The summed E-state index contributed by atoms with van der Waals surface area (Å²) in [6, 6.07) is 0. The van der Waals surface area contributed by atoms with Crippen molar-refractivity contribution in [3.63, 3.8) is 0 Å². The molecule has 0 aromatic rings. The van der Waals surface area contributed by atoms with Crippen LogP contribution in [0.2, 0.25) is 0 Å². The first kappa shape index (κ1) is 12.6. The summed E-state index contributed by atoms with van der Waals surface area (Å²) < 4.78 is 0. The van der Waals surface area contributed by atoms with Crippen LogP contribution in [0.3, 0.4) is 0 Å². The van der Waals surface area contributed by atoms with Gasteiger partial charge in [-0.15, -0.1) is 11.6 Å². The number of allylic oxidation sites excluding steroid dienone is 2. The van der Waals surface area contributed by atoms with Crippen LogP contribution in [0.25, 0.3) is 0 Å². The number of carbonyl (C=O) groups is 1. The van der Waals surface area contributed by atoms with Gasteiger partial charge in [0.15, 0.2) is 0 Å². The van der Waals surface area contributed by atoms with E-state index in [0.717, 1.165) is 12.8 Å². The lowest BCUT2D eigenvalue weighted by Gasteiger charge is -2.24. The molecule has 0 atom stereocenters. The first-order valence-electron chi connectivity index (χ1n) is 5.50. The molecule has 0 spiro atoms. The molecule has 0 radical (unpaired) electrons. The van der Waals surface area contributed by atoms with Crippen molar-refractivity contribution in [2.75, 3.05) is 12.4 Å². The summed E-state index contributed by atoms with van der Waals surface area (Å²) in [5.74, 6) is 0.0941. The van der Waals surface area contributed by atoms with Gasteiger partial charge in [-0.05, 0) is 37.7 Å². The third-order valence-electron chi connectivity index (χ3n) is 3.49. The maximum atomic E-state index is 11.6. The fourth-order valence-corrected chi connectivity index (χ4v) is 2.27. The third kappa shape index (κ3) is 2.36. The number of alkyl halides is 1. The lowest BCUT2D eigenvalue weighted by atomic mass is 9.87. The molecule has 3 heteroatoms. The van der Waals surface area contributed by atoms with Gasteiger partial charge in [0.1, 0.15) is 5.88 Å². The summed E-state index contributed by atoms with van der Waals surface area (Å²) in [4.78, 5) is 13.5. The molecule has 1 aliphatic rings. The molecule has 0 heterocycles. The van der Waals surface area contributed by atoms with Crippen molar-refractivity contribution in [2.45, 2.75) is 40.5 Å². The van der Waals surface area contributed by atoms with E-state index in [4.69, 9.17) is 11.6 Å². The molecule has 2 nitrogen and oxygen atoms in total. The molecule has 0 fully saturated rings. The zero-order chi connectivity index (χ0) is 11.6. The topological polar surface area (TPSA) is 20.3 Å². The number of carbonyl (C=O) groups excluding carboxylic acids is 1. The van der Waals surface area contributed by atoms with Gasteiger partial charge in [-0.1, -0.05) is 13.8 Å². The molecule has 1 amide bonds. The Morgan fingerprint density at radius 1 is 1.53 bits per heavy atom. The van der Waals surface area contributed by atoms with Gasteiger partial charge < -0.3 is 4.90 Å². The van der Waals surface area contributed by atoms with E-state index in [1.54, 1.807) is 0 Å². The van der Waals surface area contributed by atoms with Gasteiger partial charge in [0, 0.05) is 12.2 Å². The molecular formula is C12H20ClNO. The molecule has 0 saturated heterocycles. The maximum absolute atomic E-state index is 11.6. The summed E-state index contributed by atoms with van der Waals surface area (Å²) >= 11 is 5.61. The summed E-state index contributed by atoms with van der Waals surface area (Å²) in [6.45, 7) is 9.31. The highest BCUT2D eigenvalue weighted by molar-refractivity contribution is 6.27. The van der Waals surface area contributed by atoms with Crippen LogP contribution in [0.1, 0.15) is 40.5 Å². The first-order chi connectivity index (χ1) is 6.94. The number of rotatable bonds is 3. The van der Waals surface area contributed by atoms with Crippen LogP contribution in [0, 0.1) is 5.41 Å². The largest absolute Gasteiger partial charge is 0.315 e. The van der Waals surface area contributed by atoms with Gasteiger partial charge in [0.25, 0.3) is 0 Å². The van der Waals surface area contributed by atoms with E-state index in [-0.39, 0.29) is 17.2 Å². The fraction of sp³-hybridized carbons (Fsp3) is 0.750. The lowest BCUT2D eigenvalue weighted by molar-refractivity contribution is -0.126. The molecule has 0 N–H and O–H groups in total. The number of hydrogen-bond acceptors (Lipinski definition) is 1. The van der Waals surface area contributed by atoms with E-state index in [1.807, 2.05) is 11.8 Å². The van der Waals surface area contributed by atoms with Crippen molar-refractivity contribution in [3.05, 3.63) is 11.3 Å². The van der Waals surface area contributed by atoms with Crippen molar-refractivity contribution >= 4 is 17.5 Å². The monoisotopic (exact) mass is 229 g/mol. The van der Waals surface area contributed by atoms with Crippen molar-refractivity contribution in [1.82, 2.24) is 4.90 Å². The van der Waals surface area contributed by atoms with Crippen LogP contribution in [-0.4, -0.2) is 23.2 Å². The highest BCUT2D eigenvalue weighted by Crippen LogP contribution is 2.43. The van der Waals surface area contributed by atoms with Crippen molar-refractivity contribution in [1.29, 1.82) is 0 Å². The van der Waals surface area contributed by atoms with Crippen LogP contribution in [0.4, 0.5) is 0 Å². The minimum atomic E-state index is 0.0196. The van der Waals surface area contributed by atoms with Gasteiger partial charge in [-0.3, -0.25) is 4.79 Å². The minimum Gasteiger partial charge on any atom is -0.315 e. The van der Waals surface area contributed by atoms with Crippen molar-refractivity contribution in [2.24, 2.45) is 5.41 Å². The van der Waals surface area contributed by atoms with Gasteiger partial charge in [-0.25, -0.2) is 0 Å². The Kier molecular flexibility index (Phi) is 3.82. The number of nitrogens with zero attached hydrogens (tertiary/aromatic N) is 1. The number of hydrogen-bond donors (Lipinski definition) is 0. The second kappa shape index (κ2) is 4.56. The average Bonchev–Trinajstić information content (AvgIpc) is 2.46. The molecule has 0 aromatic heterocycles. The van der Waals surface area contributed by atoms with Crippen LogP contribution < -0.4 is 0 Å². The summed E-state index contributed by atoms with van der Waals surface area (Å²) in [7, 11) is 0. The Balaban J connectivity index is 2.96. The van der Waals surface area contributed by atoms with E-state index < -0.39 is 0 Å². The minimum absolute atomic E-state index is 0.0196. The second-order valence-electron chi connectivity index (χ2n) is 4.73. The van der Waals surface area contributed by atoms with E-state index in [0.29, 0.717) is 6.54 Å². The SMILES string of the molecule is CCN(C(=O)CCl)C1=C(C)C(C)(C)CC1. The van der Waals surface area contributed by atoms with Gasteiger partial charge in [0.2, 0.25) is 5.91 Å². The smallest absolute Gasteiger partial charge is 0.241 e. The molecule has 1 aliphatic carbocycles. The molecule has 0 aliphatic heterocycles. The summed E-state index contributed by atoms with van der Waals surface area (Å²) in [5.41, 5.74) is 2.76. The van der Waals surface area contributed by atoms with Gasteiger partial charge >= 0.3 is 0 Å². The lowest BCUT2D eigenvalue weighted by Crippen LogP contribution is -2.31. The quantitative estimate of drug-likeness (QED) is 0.681. The molecule has 0 bridgehead atoms. The second-order valence-corrected chi connectivity index (χ2v) is 4.99. The van der Waals surface area contributed by atoms with E-state index >= 15 is 0 Å². The van der Waals surface area contributed by atoms with Crippen molar-refractivity contribution < 1.29 is 4.79 Å². The molecular weight excluding hydrogens is 210 g/mol. The van der Waals surface area contributed by atoms with Crippen LogP contribution in [0.15, 0.2) is 11.3 Å². The predicted molar refractivity (Wildman–Crippen MR) is 63.8 cm³/mol. The highest BCUT2D eigenvalue weighted by atomic mass is 35.5. The van der Waals surface area contributed by atoms with Crippen LogP contribution in [0.5, 0.6) is 0 Å². The zero-order valence-electron chi connectivity index (χ0n) is 10.1. The standard InChI is InChI=1S/C12H20ClNO/c1-5-14(11(15)8-13)10-6-7-12(3,4)9(10)2/h5-8H2,1-4H3. The first-order valence-corrected chi connectivity index (χ1v) is 6.04. The molecule has 15 heavy (non-hydrogen) atoms. The van der Waals surface area contributed by atoms with Crippen LogP contribution in [-0.2, 0) is 4.79 Å². The Hall–Kier alpha value is -0.500. The Labute approximate surface area is 97.3 Å². The zero-order valence-corrected chi connectivity index (χ0v) is 10.8. The Bertz CT molecular complexity index is 294. The summed E-state index contributed by atoms with van der Waals surface area (Å²) in [6.07, 6.45) is 2.12. The summed E-state index contributed by atoms with van der Waals surface area (Å²) in [5, 5.41) is 0. The van der Waals surface area contributed by atoms with Gasteiger partial charge in [-0.2, -0.15) is 0 Å². The number of amides is 1. The maximum Gasteiger partial charge on any atom is 0.241 e. The van der Waals surface area contributed by atoms with E-state index in [2.05, 4.69) is 20.8 Å². The Morgan fingerprint density at radius 3 is 2.47 bits per heavy atom. The van der Waals surface area contributed by atoms with Crippen LogP contribution >= 0.6 is 11.6 Å². The van der Waals surface area contributed by atoms with Crippen molar-refractivity contribution in [3.8, 4) is 0 Å². The third-order valence-corrected chi connectivity index (χ3v) is 3.72. The van der Waals surface area contributed by atoms with Gasteiger partial charge in [0.05, 0.1) is 0 Å². The average molecular weight is 230 g/mol. The predicted octanol–water partition coefficient (Wildman–Crippen LogP) is 3.17. The van der Waals surface area contributed by atoms with E-state index in [9.17, 15) is 4.79 Å². The molecule has 1 rings (SSSR count). The van der Waals surface area contributed by atoms with E-state index in [1.165, 1.54) is 11.3 Å². The highest BCUT2D eigenvalue weighted by Gasteiger charge is 2.32. The Morgan fingerprint density at radius 2 is 2.13 bits per heavy atom. The molecule has 0 unspecified atom stereocenters. The molecule has 86 valence electrons. The molecule has 0 saturated carbocycles. The molecule has 0 aromatic carbocycles. The number of halogens is 1. The normalized spacial score (nSPS) is 19.5. The fourth-order valence-electron chi connectivity index (χ4n) is 2.12.